The van der Waals surface area contributed by atoms with Crippen LogP contribution in [-0.4, -0.2) is 7.05 Å². The SMILES string of the molecule is CNC(/C1=C/CCCCCC1)c1ccc(Cl)c(Br)c1. The van der Waals surface area contributed by atoms with Crippen molar-refractivity contribution in [3.63, 3.8) is 0 Å². The summed E-state index contributed by atoms with van der Waals surface area (Å²) in [5, 5.41) is 4.22. The molecule has 1 unspecified atom stereocenters. The first kappa shape index (κ1) is 15.1. The number of hydrogen-bond donors (Lipinski definition) is 1. The zero-order chi connectivity index (χ0) is 13.7. The molecule has 3 heteroatoms. The Kier molecular flexibility index (Phi) is 5.93. The molecule has 1 aromatic rings. The van der Waals surface area contributed by atoms with E-state index in [1.807, 2.05) is 13.1 Å². The van der Waals surface area contributed by atoms with Crippen molar-refractivity contribution in [3.05, 3.63) is 44.9 Å². The van der Waals surface area contributed by atoms with E-state index in [-0.39, 0.29) is 0 Å². The number of hydrogen-bond acceptors (Lipinski definition) is 1. The highest BCUT2D eigenvalue weighted by molar-refractivity contribution is 9.10. The van der Waals surface area contributed by atoms with Crippen molar-refractivity contribution in [2.24, 2.45) is 0 Å². The van der Waals surface area contributed by atoms with Gasteiger partial charge < -0.3 is 5.32 Å². The number of nitrogens with one attached hydrogen (secondary N) is 1. The van der Waals surface area contributed by atoms with Crippen LogP contribution in [0, 0.1) is 0 Å². The van der Waals surface area contributed by atoms with Gasteiger partial charge in [0.15, 0.2) is 0 Å². The summed E-state index contributed by atoms with van der Waals surface area (Å²) < 4.78 is 0.971. The van der Waals surface area contributed by atoms with Crippen LogP contribution in [0.5, 0.6) is 0 Å². The largest absolute Gasteiger partial charge is 0.310 e. The Morgan fingerprint density at radius 1 is 1.21 bits per heavy atom. The van der Waals surface area contributed by atoms with Crippen molar-refractivity contribution in [1.29, 1.82) is 0 Å². The van der Waals surface area contributed by atoms with Crippen LogP contribution in [0.4, 0.5) is 0 Å². The zero-order valence-electron chi connectivity index (χ0n) is 11.4. The fourth-order valence-corrected chi connectivity index (χ4v) is 3.25. The summed E-state index contributed by atoms with van der Waals surface area (Å²) in [6.45, 7) is 0. The van der Waals surface area contributed by atoms with Crippen molar-refractivity contribution in [2.45, 2.75) is 44.6 Å². The highest BCUT2D eigenvalue weighted by atomic mass is 79.9. The molecule has 0 radical (unpaired) electrons. The number of halogens is 2. The third kappa shape index (κ3) is 4.08. The van der Waals surface area contributed by atoms with Gasteiger partial charge in [-0.25, -0.2) is 0 Å². The van der Waals surface area contributed by atoms with Crippen LogP contribution < -0.4 is 5.32 Å². The molecule has 104 valence electrons. The van der Waals surface area contributed by atoms with Crippen LogP contribution in [0.15, 0.2) is 34.3 Å². The molecule has 0 amide bonds. The van der Waals surface area contributed by atoms with Gasteiger partial charge in [-0.1, -0.05) is 42.2 Å². The van der Waals surface area contributed by atoms with Gasteiger partial charge in [0.1, 0.15) is 0 Å². The third-order valence-corrected chi connectivity index (χ3v) is 4.98. The maximum atomic E-state index is 6.08. The molecule has 0 spiro atoms. The molecule has 1 N–H and O–H groups in total. The van der Waals surface area contributed by atoms with E-state index in [2.05, 4.69) is 39.5 Å². The summed E-state index contributed by atoms with van der Waals surface area (Å²) in [6.07, 6.45) is 10.2. The van der Waals surface area contributed by atoms with Crippen LogP contribution in [0.1, 0.15) is 50.1 Å². The van der Waals surface area contributed by atoms with Gasteiger partial charge in [0.05, 0.1) is 11.1 Å². The van der Waals surface area contributed by atoms with Crippen LogP contribution >= 0.6 is 27.5 Å². The molecule has 19 heavy (non-hydrogen) atoms. The molecule has 1 aliphatic carbocycles. The Balaban J connectivity index is 2.24. The topological polar surface area (TPSA) is 12.0 Å². The molecular weight excluding hydrogens is 322 g/mol. The lowest BCUT2D eigenvalue weighted by atomic mass is 9.91. The quantitative estimate of drug-likeness (QED) is 0.700. The van der Waals surface area contributed by atoms with E-state index in [0.29, 0.717) is 6.04 Å². The maximum Gasteiger partial charge on any atom is 0.0548 e. The second-order valence-electron chi connectivity index (χ2n) is 5.13. The summed E-state index contributed by atoms with van der Waals surface area (Å²) in [4.78, 5) is 0. The lowest BCUT2D eigenvalue weighted by Gasteiger charge is -2.22. The predicted octanol–water partition coefficient (Wildman–Crippen LogP) is 5.64. The molecule has 0 aliphatic heterocycles. The van der Waals surface area contributed by atoms with Crippen LogP contribution in [0.25, 0.3) is 0 Å². The van der Waals surface area contributed by atoms with Crippen molar-refractivity contribution >= 4 is 27.5 Å². The van der Waals surface area contributed by atoms with Crippen molar-refractivity contribution in [2.75, 3.05) is 7.05 Å². The van der Waals surface area contributed by atoms with Gasteiger partial charge in [-0.05, 0) is 66.4 Å². The van der Waals surface area contributed by atoms with E-state index in [9.17, 15) is 0 Å². The Morgan fingerprint density at radius 2 is 2.00 bits per heavy atom. The zero-order valence-corrected chi connectivity index (χ0v) is 13.7. The van der Waals surface area contributed by atoms with Gasteiger partial charge in [-0.2, -0.15) is 0 Å². The minimum Gasteiger partial charge on any atom is -0.310 e. The van der Waals surface area contributed by atoms with Crippen LogP contribution in [0.2, 0.25) is 5.02 Å². The molecule has 0 bridgehead atoms. The van der Waals surface area contributed by atoms with Crippen molar-refractivity contribution < 1.29 is 0 Å². The second-order valence-corrected chi connectivity index (χ2v) is 6.39. The fourth-order valence-electron chi connectivity index (χ4n) is 2.74. The molecule has 0 fully saturated rings. The predicted molar refractivity (Wildman–Crippen MR) is 86.7 cm³/mol. The first-order valence-electron chi connectivity index (χ1n) is 7.03. The van der Waals surface area contributed by atoms with Crippen LogP contribution in [0.3, 0.4) is 0 Å². The number of allylic oxidation sites excluding steroid dienone is 1. The Hall–Kier alpha value is -0.310. The van der Waals surface area contributed by atoms with Gasteiger partial charge >= 0.3 is 0 Å². The first-order valence-corrected chi connectivity index (χ1v) is 8.20. The summed E-state index contributed by atoms with van der Waals surface area (Å²) in [6, 6.07) is 6.53. The minimum atomic E-state index is 0.312. The molecule has 1 nitrogen and oxygen atoms in total. The summed E-state index contributed by atoms with van der Waals surface area (Å²) in [5.41, 5.74) is 2.81. The summed E-state index contributed by atoms with van der Waals surface area (Å²) in [7, 11) is 2.03. The fraction of sp³-hybridized carbons (Fsp3) is 0.500. The van der Waals surface area contributed by atoms with Crippen molar-refractivity contribution in [3.8, 4) is 0 Å². The van der Waals surface area contributed by atoms with E-state index in [4.69, 9.17) is 11.6 Å². The molecule has 0 aromatic heterocycles. The smallest absolute Gasteiger partial charge is 0.0548 e. The lowest BCUT2D eigenvalue weighted by molar-refractivity contribution is 0.574. The second kappa shape index (κ2) is 7.47. The van der Waals surface area contributed by atoms with E-state index in [1.54, 1.807) is 0 Å². The summed E-state index contributed by atoms with van der Waals surface area (Å²) >= 11 is 9.60. The highest BCUT2D eigenvalue weighted by Crippen LogP contribution is 2.32. The standard InChI is InChI=1S/C16H21BrClN/c1-19-16(12-7-5-3-2-4-6-8-12)13-9-10-15(18)14(17)11-13/h7,9-11,16,19H,2-6,8H2,1H3/b12-7+. The Labute approximate surface area is 129 Å². The molecule has 0 heterocycles. The van der Waals surface area contributed by atoms with E-state index >= 15 is 0 Å². The number of likely N-dealkylation sites (N-methyl/N-ethyl adjacent to an activating group) is 1. The average Bonchev–Trinajstić information content (AvgIpc) is 2.36. The molecule has 1 aliphatic rings. The van der Waals surface area contributed by atoms with Gasteiger partial charge in [0.25, 0.3) is 0 Å². The number of rotatable bonds is 3. The van der Waals surface area contributed by atoms with E-state index < -0.39 is 0 Å². The minimum absolute atomic E-state index is 0.312. The van der Waals surface area contributed by atoms with Gasteiger partial charge in [0.2, 0.25) is 0 Å². The van der Waals surface area contributed by atoms with Gasteiger partial charge in [0, 0.05) is 4.47 Å². The lowest BCUT2D eigenvalue weighted by Crippen LogP contribution is -2.19. The highest BCUT2D eigenvalue weighted by Gasteiger charge is 2.16. The third-order valence-electron chi connectivity index (χ3n) is 3.76. The Bertz CT molecular complexity index is 456. The molecule has 2 rings (SSSR count). The molecule has 1 aromatic carbocycles. The molecule has 0 saturated heterocycles. The first-order chi connectivity index (χ1) is 9.22. The van der Waals surface area contributed by atoms with Gasteiger partial charge in [-0.3, -0.25) is 0 Å². The average molecular weight is 343 g/mol. The molecule has 0 saturated carbocycles. The Morgan fingerprint density at radius 3 is 2.74 bits per heavy atom. The number of benzene rings is 1. The van der Waals surface area contributed by atoms with Crippen LogP contribution in [-0.2, 0) is 0 Å². The molecular formula is C16H21BrClN. The van der Waals surface area contributed by atoms with Gasteiger partial charge in [-0.15, -0.1) is 0 Å². The van der Waals surface area contributed by atoms with Crippen molar-refractivity contribution in [1.82, 2.24) is 5.32 Å². The van der Waals surface area contributed by atoms with E-state index in [0.717, 1.165) is 9.50 Å². The molecule has 1 atom stereocenters. The summed E-state index contributed by atoms with van der Waals surface area (Å²) in [5.74, 6) is 0. The maximum absolute atomic E-state index is 6.08. The monoisotopic (exact) mass is 341 g/mol. The normalized spacial score (nSPS) is 21.1. The van der Waals surface area contributed by atoms with E-state index in [1.165, 1.54) is 49.7 Å².